The summed E-state index contributed by atoms with van der Waals surface area (Å²) in [7, 11) is 0. The molecule has 0 amide bonds. The lowest BCUT2D eigenvalue weighted by Gasteiger charge is -2.22. The Bertz CT molecular complexity index is 1000. The lowest BCUT2D eigenvalue weighted by atomic mass is 10.0. The zero-order valence-corrected chi connectivity index (χ0v) is 28.4. The van der Waals surface area contributed by atoms with Gasteiger partial charge in [0.1, 0.15) is 17.6 Å². The van der Waals surface area contributed by atoms with Gasteiger partial charge in [-0.3, -0.25) is 0 Å². The Kier molecular flexibility index (Phi) is 28.7. The second kappa shape index (κ2) is 24.3. The molecule has 0 fully saturated rings. The molecule has 0 aromatic rings. The van der Waals surface area contributed by atoms with E-state index in [0.29, 0.717) is 13.8 Å². The van der Waals surface area contributed by atoms with Gasteiger partial charge in [0.2, 0.25) is 11.3 Å². The van der Waals surface area contributed by atoms with Crippen LogP contribution in [-0.4, -0.2) is 47.9 Å². The Hall–Kier alpha value is -2.96. The van der Waals surface area contributed by atoms with Gasteiger partial charge in [-0.25, -0.2) is 22.0 Å². The summed E-state index contributed by atoms with van der Waals surface area (Å²) in [5.41, 5.74) is -10.3. The fourth-order valence-corrected chi connectivity index (χ4v) is 1.10. The van der Waals surface area contributed by atoms with Crippen LogP contribution < -0.4 is 0 Å². The topological polar surface area (TPSA) is 0 Å². The number of rotatable bonds is 8. The van der Waals surface area contributed by atoms with Gasteiger partial charge < -0.3 is 0 Å². The normalized spacial score (nSPS) is 16.3. The first-order valence-corrected chi connectivity index (χ1v) is 13.6. The fraction of sp³-hybridized carbons (Fsp3) is 0.613. The second-order valence-electron chi connectivity index (χ2n) is 10.2. The van der Waals surface area contributed by atoms with Crippen LogP contribution in [0, 0.1) is 11.8 Å². The first-order valence-electron chi connectivity index (χ1n) is 13.6. The summed E-state index contributed by atoms with van der Waals surface area (Å²) in [4.78, 5) is 0. The van der Waals surface area contributed by atoms with Gasteiger partial charge in [-0.05, 0) is 53.0 Å². The Morgan fingerprint density at radius 1 is 0.588 bits per heavy atom. The van der Waals surface area contributed by atoms with Crippen molar-refractivity contribution in [2.24, 2.45) is 11.8 Å². The molecule has 306 valence electrons. The summed E-state index contributed by atoms with van der Waals surface area (Å²) < 4.78 is 232. The highest BCUT2D eigenvalue weighted by Crippen LogP contribution is 2.39. The zero-order chi connectivity index (χ0) is 43.3. The van der Waals surface area contributed by atoms with E-state index in [1.165, 1.54) is 6.08 Å². The molecule has 0 saturated heterocycles. The van der Waals surface area contributed by atoms with Crippen LogP contribution in [0.25, 0.3) is 0 Å². The van der Waals surface area contributed by atoms with E-state index in [4.69, 9.17) is 0 Å². The third-order valence-corrected chi connectivity index (χ3v) is 5.51. The van der Waals surface area contributed by atoms with E-state index >= 15 is 0 Å². The second-order valence-corrected chi connectivity index (χ2v) is 10.2. The highest BCUT2D eigenvalue weighted by atomic mass is 19.4. The Balaban J connectivity index is -0.000000121. The predicted octanol–water partition coefficient (Wildman–Crippen LogP) is 15.1. The molecule has 0 aliphatic carbocycles. The van der Waals surface area contributed by atoms with Crippen molar-refractivity contribution in [1.82, 2.24) is 0 Å². The molecular weight excluding hydrogens is 752 g/mol. The summed E-state index contributed by atoms with van der Waals surface area (Å²) in [6.45, 7) is 22.1. The van der Waals surface area contributed by atoms with Crippen LogP contribution in [0.5, 0.6) is 0 Å². The third kappa shape index (κ3) is 29.3. The van der Waals surface area contributed by atoms with Crippen LogP contribution in [0.15, 0.2) is 75.4 Å². The molecule has 0 N–H and O–H groups in total. The maximum absolute atomic E-state index is 12.6. The molecular formula is C31H42F20. The maximum atomic E-state index is 12.6. The van der Waals surface area contributed by atoms with Gasteiger partial charge in [0.25, 0.3) is 5.67 Å². The highest BCUT2D eigenvalue weighted by molar-refractivity contribution is 5.06. The van der Waals surface area contributed by atoms with Crippen molar-refractivity contribution < 1.29 is 87.8 Å². The minimum atomic E-state index is -5.22. The van der Waals surface area contributed by atoms with Gasteiger partial charge in [0.15, 0.2) is 0 Å². The van der Waals surface area contributed by atoms with Crippen LogP contribution in [-0.2, 0) is 0 Å². The molecule has 0 aromatic heterocycles. The summed E-state index contributed by atoms with van der Waals surface area (Å²) >= 11 is 0. The predicted molar refractivity (Wildman–Crippen MR) is 158 cm³/mol. The van der Waals surface area contributed by atoms with Crippen molar-refractivity contribution in [2.45, 2.75) is 109 Å². The summed E-state index contributed by atoms with van der Waals surface area (Å²) in [6, 6.07) is 0. The summed E-state index contributed by atoms with van der Waals surface area (Å²) in [5.74, 6) is -6.80. The largest absolute Gasteiger partial charge is 0.428 e. The summed E-state index contributed by atoms with van der Waals surface area (Å²) in [5, 5.41) is 0. The quantitative estimate of drug-likeness (QED) is 0.170. The molecule has 0 aromatic carbocycles. The molecule has 0 nitrogen and oxygen atoms in total. The number of hydrogen-bond donors (Lipinski definition) is 0. The molecule has 20 heteroatoms. The average Bonchev–Trinajstić information content (AvgIpc) is 2.93. The minimum absolute atomic E-state index is 0.0342. The van der Waals surface area contributed by atoms with Gasteiger partial charge in [0.05, 0.1) is 5.92 Å². The standard InChI is InChI=1S/C7H10F4.C5H5F5.2C5H6F4.C5H7F3.C4H8/c1-3-4-5-6(2,8)7(9,10)11;1-3(6)4(2,7)5(8,9)10;1-3-4(2,6)5(7,8)9;1-3(4(2)6)5(7,8)9;1-3-4(2)5(6,7)8;1-3-4-2/h3H,1,4-5H2,2H3;1H2,2H3;3H,1H2,2H3;3H,2H2,1H3;3-4H,1H2,2H3;3H,1,4H2,2H3. The van der Waals surface area contributed by atoms with E-state index in [-0.39, 0.29) is 19.4 Å². The smallest absolute Gasteiger partial charge is 0.234 e. The lowest BCUT2D eigenvalue weighted by Crippen LogP contribution is -2.37. The van der Waals surface area contributed by atoms with Gasteiger partial charge in [-0.15, -0.1) is 19.7 Å². The van der Waals surface area contributed by atoms with E-state index in [1.54, 1.807) is 0 Å². The molecule has 0 bridgehead atoms. The fourth-order valence-electron chi connectivity index (χ4n) is 1.10. The van der Waals surface area contributed by atoms with Gasteiger partial charge in [-0.2, -0.15) is 65.9 Å². The number of allylic oxidation sites excluding steroid dienone is 6. The highest BCUT2D eigenvalue weighted by Gasteiger charge is 2.55. The third-order valence-electron chi connectivity index (χ3n) is 5.51. The summed E-state index contributed by atoms with van der Waals surface area (Å²) in [6.07, 6.45) is -18.6. The van der Waals surface area contributed by atoms with Gasteiger partial charge in [0, 0.05) is 0 Å². The van der Waals surface area contributed by atoms with Crippen LogP contribution in [0.1, 0.15) is 60.8 Å². The van der Waals surface area contributed by atoms with Crippen LogP contribution in [0.4, 0.5) is 87.8 Å². The van der Waals surface area contributed by atoms with Gasteiger partial charge >= 0.3 is 30.9 Å². The van der Waals surface area contributed by atoms with Crippen molar-refractivity contribution in [3.05, 3.63) is 75.4 Å². The lowest BCUT2D eigenvalue weighted by molar-refractivity contribution is -0.225. The first-order chi connectivity index (χ1) is 22.1. The Morgan fingerprint density at radius 2 is 0.941 bits per heavy atom. The van der Waals surface area contributed by atoms with E-state index in [1.807, 2.05) is 6.08 Å². The van der Waals surface area contributed by atoms with E-state index < -0.39 is 77.8 Å². The van der Waals surface area contributed by atoms with E-state index in [2.05, 4.69) is 46.4 Å². The number of hydrogen-bond acceptors (Lipinski definition) is 0. The molecule has 0 rings (SSSR count). The van der Waals surface area contributed by atoms with Crippen molar-refractivity contribution in [3.63, 3.8) is 0 Å². The Labute approximate surface area is 284 Å². The van der Waals surface area contributed by atoms with Crippen LogP contribution in [0.3, 0.4) is 0 Å². The molecule has 0 heterocycles. The molecule has 5 atom stereocenters. The number of alkyl halides is 18. The van der Waals surface area contributed by atoms with E-state index in [9.17, 15) is 87.8 Å². The van der Waals surface area contributed by atoms with Gasteiger partial charge in [-0.1, -0.05) is 51.8 Å². The van der Waals surface area contributed by atoms with E-state index in [0.717, 1.165) is 26.3 Å². The molecule has 0 radical (unpaired) electrons. The molecule has 0 spiro atoms. The maximum Gasteiger partial charge on any atom is 0.428 e. The SMILES string of the molecule is C=C(F)C(C)(F)C(F)(F)F.C=C(F)C(C)C(F)(F)F.C=CC(C)(F)C(F)(F)F.C=CC(C)C(F)(F)F.C=CCC.C=CCCC(C)(F)C(F)(F)F. The van der Waals surface area contributed by atoms with Crippen molar-refractivity contribution in [2.75, 3.05) is 0 Å². The average molecular weight is 795 g/mol. The van der Waals surface area contributed by atoms with Crippen molar-refractivity contribution >= 4 is 0 Å². The molecule has 51 heavy (non-hydrogen) atoms. The minimum Gasteiger partial charge on any atom is -0.234 e. The Morgan fingerprint density at radius 3 is 1.00 bits per heavy atom. The molecule has 5 unspecified atom stereocenters. The number of halogens is 20. The van der Waals surface area contributed by atoms with Crippen molar-refractivity contribution in [3.8, 4) is 0 Å². The monoisotopic (exact) mass is 794 g/mol. The first kappa shape index (κ1) is 60.1. The van der Waals surface area contributed by atoms with Crippen molar-refractivity contribution in [1.29, 1.82) is 0 Å². The zero-order valence-electron chi connectivity index (χ0n) is 28.4. The molecule has 0 aliphatic heterocycles. The van der Waals surface area contributed by atoms with Crippen LogP contribution >= 0.6 is 0 Å². The molecule has 0 saturated carbocycles. The molecule has 0 aliphatic rings. The van der Waals surface area contributed by atoms with Crippen LogP contribution in [0.2, 0.25) is 0 Å².